The van der Waals surface area contributed by atoms with Crippen molar-refractivity contribution in [3.05, 3.63) is 34.9 Å². The number of esters is 2. The Labute approximate surface area is 120 Å². The van der Waals surface area contributed by atoms with Crippen LogP contribution in [0.15, 0.2) is 18.2 Å². The molecule has 0 saturated heterocycles. The highest BCUT2D eigenvalue weighted by molar-refractivity contribution is 6.22. The molecule has 6 nitrogen and oxygen atoms in total. The summed E-state index contributed by atoms with van der Waals surface area (Å²) in [6.45, 7) is 0. The summed E-state index contributed by atoms with van der Waals surface area (Å²) in [5.74, 6) is -3.67. The maximum Gasteiger partial charge on any atom is 0.337 e. The van der Waals surface area contributed by atoms with Gasteiger partial charge in [0.1, 0.15) is 0 Å². The van der Waals surface area contributed by atoms with E-state index < -0.39 is 29.7 Å². The van der Waals surface area contributed by atoms with E-state index >= 15 is 0 Å². The number of methoxy groups -OCH3 is 2. The van der Waals surface area contributed by atoms with Crippen LogP contribution in [-0.2, 0) is 14.3 Å². The maximum atomic E-state index is 12.4. The minimum absolute atomic E-state index is 0.176. The number of hydrogen-bond donors (Lipinski definition) is 0. The number of carbonyl (C=O) groups is 4. The molecule has 1 aromatic rings. The third kappa shape index (κ3) is 1.79. The fraction of sp³-hybridized carbons (Fsp3) is 0.333. The Morgan fingerprint density at radius 2 is 1.57 bits per heavy atom. The lowest BCUT2D eigenvalue weighted by molar-refractivity contribution is -0.142. The molecule has 0 bridgehead atoms. The monoisotopic (exact) mass is 288 g/mol. The number of ether oxygens (including phenoxy) is 2. The summed E-state index contributed by atoms with van der Waals surface area (Å²) in [6, 6.07) is 4.22. The molecule has 1 fully saturated rings. The molecule has 0 heterocycles. The molecule has 0 N–H and O–H groups in total. The van der Waals surface area contributed by atoms with E-state index in [-0.39, 0.29) is 28.3 Å². The molecule has 3 rings (SSSR count). The number of ketones is 2. The van der Waals surface area contributed by atoms with Crippen LogP contribution in [0.25, 0.3) is 0 Å². The van der Waals surface area contributed by atoms with Crippen LogP contribution in [0.3, 0.4) is 0 Å². The van der Waals surface area contributed by atoms with Crippen molar-refractivity contribution in [2.45, 2.75) is 0 Å². The highest BCUT2D eigenvalue weighted by Gasteiger charge is 2.65. The van der Waals surface area contributed by atoms with Gasteiger partial charge < -0.3 is 9.47 Å². The second-order valence-corrected chi connectivity index (χ2v) is 5.08. The third-order valence-corrected chi connectivity index (χ3v) is 4.07. The summed E-state index contributed by atoms with van der Waals surface area (Å²) in [4.78, 5) is 47.8. The van der Waals surface area contributed by atoms with Crippen LogP contribution in [0.5, 0.6) is 0 Å². The van der Waals surface area contributed by atoms with E-state index in [9.17, 15) is 19.2 Å². The SMILES string of the molecule is COC(=O)c1ccc2c(c1)C(=O)C1C(C2=O)[C@H]1C(=O)OC. The van der Waals surface area contributed by atoms with Crippen molar-refractivity contribution in [2.75, 3.05) is 14.2 Å². The summed E-state index contributed by atoms with van der Waals surface area (Å²) in [5.41, 5.74) is 0.627. The van der Waals surface area contributed by atoms with E-state index in [1.165, 1.54) is 32.4 Å². The third-order valence-electron chi connectivity index (χ3n) is 4.07. The highest BCUT2D eigenvalue weighted by atomic mass is 16.5. The van der Waals surface area contributed by atoms with Gasteiger partial charge in [0.15, 0.2) is 11.6 Å². The first-order valence-electron chi connectivity index (χ1n) is 6.40. The second kappa shape index (κ2) is 4.51. The van der Waals surface area contributed by atoms with Crippen LogP contribution in [-0.4, -0.2) is 37.7 Å². The zero-order valence-electron chi connectivity index (χ0n) is 11.4. The zero-order chi connectivity index (χ0) is 15.3. The molecule has 0 aliphatic heterocycles. The summed E-state index contributed by atoms with van der Waals surface area (Å²) >= 11 is 0. The lowest BCUT2D eigenvalue weighted by Crippen LogP contribution is -2.20. The van der Waals surface area contributed by atoms with Crippen molar-refractivity contribution in [1.29, 1.82) is 0 Å². The first-order valence-corrected chi connectivity index (χ1v) is 6.40. The average molecular weight is 288 g/mol. The van der Waals surface area contributed by atoms with Crippen molar-refractivity contribution in [2.24, 2.45) is 17.8 Å². The van der Waals surface area contributed by atoms with Gasteiger partial charge in [-0.15, -0.1) is 0 Å². The Balaban J connectivity index is 2.02. The summed E-state index contributed by atoms with van der Waals surface area (Å²) in [6.07, 6.45) is 0. The molecular weight excluding hydrogens is 276 g/mol. The predicted molar refractivity (Wildman–Crippen MR) is 68.9 cm³/mol. The molecule has 2 aliphatic rings. The molecule has 1 aromatic carbocycles. The van der Waals surface area contributed by atoms with Crippen molar-refractivity contribution in [3.8, 4) is 0 Å². The summed E-state index contributed by atoms with van der Waals surface area (Å²) in [5, 5.41) is 0. The Hall–Kier alpha value is -2.50. The quantitative estimate of drug-likeness (QED) is 0.751. The van der Waals surface area contributed by atoms with Crippen molar-refractivity contribution in [3.63, 3.8) is 0 Å². The van der Waals surface area contributed by atoms with E-state index in [1.54, 1.807) is 0 Å². The zero-order valence-corrected chi connectivity index (χ0v) is 11.4. The number of rotatable bonds is 2. The molecule has 2 aliphatic carbocycles. The number of benzene rings is 1. The summed E-state index contributed by atoms with van der Waals surface area (Å²) in [7, 11) is 2.46. The van der Waals surface area contributed by atoms with Crippen molar-refractivity contribution >= 4 is 23.5 Å². The fourth-order valence-electron chi connectivity index (χ4n) is 2.96. The van der Waals surface area contributed by atoms with Crippen LogP contribution in [0.1, 0.15) is 31.1 Å². The van der Waals surface area contributed by atoms with Crippen molar-refractivity contribution < 1.29 is 28.7 Å². The van der Waals surface area contributed by atoms with Gasteiger partial charge in [0, 0.05) is 23.0 Å². The van der Waals surface area contributed by atoms with Crippen LogP contribution in [0.2, 0.25) is 0 Å². The smallest absolute Gasteiger partial charge is 0.337 e. The molecule has 0 radical (unpaired) electrons. The Kier molecular flexibility index (Phi) is 2.90. The van der Waals surface area contributed by atoms with Crippen LogP contribution < -0.4 is 0 Å². The predicted octanol–water partition coefficient (Wildman–Crippen LogP) is 0.887. The number of fused-ring (bicyclic) bond motifs is 2. The van der Waals surface area contributed by atoms with Crippen molar-refractivity contribution in [1.82, 2.24) is 0 Å². The lowest BCUT2D eigenvalue weighted by atomic mass is 9.88. The lowest BCUT2D eigenvalue weighted by Gasteiger charge is -2.13. The van der Waals surface area contributed by atoms with E-state index in [2.05, 4.69) is 9.47 Å². The minimum atomic E-state index is -0.705. The number of carbonyl (C=O) groups excluding carboxylic acids is 4. The standard InChI is InChI=1S/C15H12O6/c1-20-14(18)6-3-4-7-8(5-6)13(17)10-9(12(7)16)11(10)15(19)21-2/h3-5,9-11H,1-2H3/t9?,10?,11-/m1/s1. The minimum Gasteiger partial charge on any atom is -0.469 e. The highest BCUT2D eigenvalue weighted by Crippen LogP contribution is 2.54. The Morgan fingerprint density at radius 3 is 2.14 bits per heavy atom. The van der Waals surface area contributed by atoms with Gasteiger partial charge in [-0.1, -0.05) is 0 Å². The molecule has 0 spiro atoms. The normalized spacial score (nSPS) is 25.7. The maximum absolute atomic E-state index is 12.4. The fourth-order valence-corrected chi connectivity index (χ4v) is 2.96. The van der Waals surface area contributed by atoms with Crippen LogP contribution >= 0.6 is 0 Å². The van der Waals surface area contributed by atoms with Gasteiger partial charge in [-0.25, -0.2) is 4.79 Å². The van der Waals surface area contributed by atoms with E-state index in [1.807, 2.05) is 0 Å². The molecule has 21 heavy (non-hydrogen) atoms. The van der Waals surface area contributed by atoms with E-state index in [4.69, 9.17) is 0 Å². The van der Waals surface area contributed by atoms with Gasteiger partial charge >= 0.3 is 11.9 Å². The Morgan fingerprint density at radius 1 is 0.952 bits per heavy atom. The molecule has 0 amide bonds. The Bertz CT molecular complexity index is 689. The first-order chi connectivity index (χ1) is 10.0. The average Bonchev–Trinajstić information content (AvgIpc) is 3.26. The van der Waals surface area contributed by atoms with Crippen LogP contribution in [0, 0.1) is 17.8 Å². The van der Waals surface area contributed by atoms with E-state index in [0.29, 0.717) is 0 Å². The van der Waals surface area contributed by atoms with Gasteiger partial charge in [-0.05, 0) is 18.2 Å². The van der Waals surface area contributed by atoms with Gasteiger partial charge in [0.25, 0.3) is 0 Å². The first kappa shape index (κ1) is 13.5. The van der Waals surface area contributed by atoms with Gasteiger partial charge in [-0.3, -0.25) is 14.4 Å². The molecule has 1 saturated carbocycles. The number of hydrogen-bond acceptors (Lipinski definition) is 6. The molecule has 3 atom stereocenters. The number of Topliss-reactive ketones (excluding diaryl/α,β-unsaturated/α-hetero) is 2. The molecule has 6 heteroatoms. The van der Waals surface area contributed by atoms with Gasteiger partial charge in [0.05, 0.1) is 25.7 Å². The molecule has 108 valence electrons. The largest absolute Gasteiger partial charge is 0.469 e. The second-order valence-electron chi connectivity index (χ2n) is 5.08. The molecule has 2 unspecified atom stereocenters. The molecular formula is C15H12O6. The molecule has 0 aromatic heterocycles. The topological polar surface area (TPSA) is 86.7 Å². The van der Waals surface area contributed by atoms with Gasteiger partial charge in [-0.2, -0.15) is 0 Å². The van der Waals surface area contributed by atoms with Gasteiger partial charge in [0.2, 0.25) is 0 Å². The van der Waals surface area contributed by atoms with E-state index in [0.717, 1.165) is 0 Å². The van der Waals surface area contributed by atoms with Crippen LogP contribution in [0.4, 0.5) is 0 Å². The summed E-state index contributed by atoms with van der Waals surface area (Å²) < 4.78 is 9.22.